The van der Waals surface area contributed by atoms with Crippen molar-refractivity contribution >= 4 is 45.9 Å². The first-order chi connectivity index (χ1) is 15.8. The Morgan fingerprint density at radius 1 is 1.00 bits per heavy atom. The minimum absolute atomic E-state index is 0.229. The maximum Gasteiger partial charge on any atom is 0.418 e. The van der Waals surface area contributed by atoms with E-state index in [1.54, 1.807) is 54.6 Å². The molecule has 0 aliphatic carbocycles. The van der Waals surface area contributed by atoms with Gasteiger partial charge in [-0.15, -0.1) is 0 Å². The average molecular weight is 490 g/mol. The van der Waals surface area contributed by atoms with Gasteiger partial charge in [-0.1, -0.05) is 59.8 Å². The third-order valence-corrected chi connectivity index (χ3v) is 5.93. The van der Waals surface area contributed by atoms with Crippen LogP contribution >= 0.6 is 23.4 Å². The number of carbonyl (C=O) groups excluding carboxylic acids is 1. The molecule has 5 nitrogen and oxygen atoms in total. The number of fused-ring (bicyclic) bond motifs is 1. The molecule has 0 saturated carbocycles. The number of para-hydroxylation sites is 3. The molecule has 1 N–H and O–H groups in total. The number of hydrogen-bond donors (Lipinski definition) is 1. The number of halogens is 4. The van der Waals surface area contributed by atoms with E-state index in [-0.39, 0.29) is 21.5 Å². The number of amides is 1. The van der Waals surface area contributed by atoms with E-state index < -0.39 is 23.3 Å². The predicted octanol–water partition coefficient (Wildman–Crippen LogP) is 5.79. The zero-order chi connectivity index (χ0) is 23.6. The summed E-state index contributed by atoms with van der Waals surface area (Å²) in [7, 11) is 0. The molecule has 0 aliphatic heterocycles. The third-order valence-electron chi connectivity index (χ3n) is 4.68. The van der Waals surface area contributed by atoms with Gasteiger partial charge in [0, 0.05) is 0 Å². The first-order valence-corrected chi connectivity index (χ1v) is 11.0. The molecular weight excluding hydrogens is 475 g/mol. The monoisotopic (exact) mass is 489 g/mol. The van der Waals surface area contributed by atoms with E-state index in [4.69, 9.17) is 11.6 Å². The van der Waals surface area contributed by atoms with Crippen molar-refractivity contribution in [3.8, 4) is 5.69 Å². The maximum absolute atomic E-state index is 13.3. The van der Waals surface area contributed by atoms with Gasteiger partial charge in [-0.2, -0.15) is 13.2 Å². The molecule has 33 heavy (non-hydrogen) atoms. The molecule has 1 aromatic heterocycles. The number of benzene rings is 3. The highest BCUT2D eigenvalue weighted by Gasteiger charge is 2.34. The number of anilines is 1. The fourth-order valence-corrected chi connectivity index (χ4v) is 4.24. The van der Waals surface area contributed by atoms with Crippen LogP contribution in [0.4, 0.5) is 18.9 Å². The molecule has 0 unspecified atom stereocenters. The highest BCUT2D eigenvalue weighted by molar-refractivity contribution is 7.99. The Labute approximate surface area is 195 Å². The third kappa shape index (κ3) is 4.89. The molecule has 168 valence electrons. The van der Waals surface area contributed by atoms with Crippen LogP contribution in [0.1, 0.15) is 5.56 Å². The van der Waals surface area contributed by atoms with Crippen LogP contribution in [0.3, 0.4) is 0 Å². The first-order valence-electron chi connectivity index (χ1n) is 9.61. The van der Waals surface area contributed by atoms with E-state index in [2.05, 4.69) is 10.3 Å². The minimum Gasteiger partial charge on any atom is -0.324 e. The van der Waals surface area contributed by atoms with Crippen molar-refractivity contribution in [3.05, 3.63) is 93.7 Å². The van der Waals surface area contributed by atoms with Crippen LogP contribution in [0.2, 0.25) is 5.02 Å². The molecule has 0 radical (unpaired) electrons. The molecule has 3 aromatic carbocycles. The lowest BCUT2D eigenvalue weighted by molar-refractivity contribution is -0.137. The molecule has 0 spiro atoms. The molecule has 4 rings (SSSR count). The summed E-state index contributed by atoms with van der Waals surface area (Å²) in [4.78, 5) is 30.2. The van der Waals surface area contributed by atoms with Crippen molar-refractivity contribution in [3.63, 3.8) is 0 Å². The van der Waals surface area contributed by atoms with Gasteiger partial charge >= 0.3 is 6.18 Å². The van der Waals surface area contributed by atoms with Gasteiger partial charge in [0.25, 0.3) is 5.56 Å². The molecule has 1 amide bonds. The summed E-state index contributed by atoms with van der Waals surface area (Å²) in [6, 6.07) is 18.8. The standard InChI is InChI=1S/C23H15ClF3N3O2S/c24-17-11-6-10-16(23(25,26)27)20(17)29-19(31)13-33-22-28-18-12-5-4-9-15(18)21(32)30(22)14-7-2-1-3-8-14/h1-12H,13H2,(H,29,31). The van der Waals surface area contributed by atoms with Crippen LogP contribution in [0.25, 0.3) is 16.6 Å². The van der Waals surface area contributed by atoms with Crippen molar-refractivity contribution in [1.29, 1.82) is 0 Å². The molecule has 0 bridgehead atoms. The van der Waals surface area contributed by atoms with Crippen molar-refractivity contribution in [2.75, 3.05) is 11.1 Å². The Balaban J connectivity index is 1.66. The number of rotatable bonds is 5. The van der Waals surface area contributed by atoms with Crippen molar-refractivity contribution < 1.29 is 18.0 Å². The second kappa shape index (κ2) is 9.29. The average Bonchev–Trinajstić information content (AvgIpc) is 2.79. The summed E-state index contributed by atoms with van der Waals surface area (Å²) in [5.74, 6) is -1.01. The number of aromatic nitrogens is 2. The van der Waals surface area contributed by atoms with Gasteiger partial charge in [0.15, 0.2) is 5.16 Å². The van der Waals surface area contributed by atoms with E-state index in [9.17, 15) is 22.8 Å². The number of nitrogens with one attached hydrogen (secondary N) is 1. The van der Waals surface area contributed by atoms with E-state index in [0.717, 1.165) is 23.9 Å². The number of thioether (sulfide) groups is 1. The van der Waals surface area contributed by atoms with Gasteiger partial charge in [-0.25, -0.2) is 4.98 Å². The van der Waals surface area contributed by atoms with Gasteiger partial charge in [-0.3, -0.25) is 14.2 Å². The Hall–Kier alpha value is -3.30. The van der Waals surface area contributed by atoms with Crippen molar-refractivity contribution in [2.45, 2.75) is 11.3 Å². The Kier molecular flexibility index (Phi) is 6.44. The van der Waals surface area contributed by atoms with Crippen molar-refractivity contribution in [1.82, 2.24) is 9.55 Å². The highest BCUT2D eigenvalue weighted by atomic mass is 35.5. The molecule has 0 fully saturated rings. The summed E-state index contributed by atoms with van der Waals surface area (Å²) in [6.07, 6.45) is -4.69. The molecular formula is C23H15ClF3N3O2S. The summed E-state index contributed by atoms with van der Waals surface area (Å²) in [6.45, 7) is 0. The topological polar surface area (TPSA) is 64.0 Å². The van der Waals surface area contributed by atoms with Gasteiger partial charge in [-0.05, 0) is 36.4 Å². The molecule has 0 aliphatic rings. The predicted molar refractivity (Wildman–Crippen MR) is 123 cm³/mol. The van der Waals surface area contributed by atoms with E-state index >= 15 is 0 Å². The highest BCUT2D eigenvalue weighted by Crippen LogP contribution is 2.38. The summed E-state index contributed by atoms with van der Waals surface area (Å²) >= 11 is 6.84. The Bertz CT molecular complexity index is 1390. The van der Waals surface area contributed by atoms with Gasteiger partial charge in [0.05, 0.1) is 38.6 Å². The van der Waals surface area contributed by atoms with Crippen molar-refractivity contribution in [2.24, 2.45) is 0 Å². The summed E-state index contributed by atoms with van der Waals surface area (Å²) in [5, 5.41) is 2.65. The second-order valence-corrected chi connectivity index (χ2v) is 8.23. The number of hydrogen-bond acceptors (Lipinski definition) is 4. The Morgan fingerprint density at radius 2 is 1.70 bits per heavy atom. The fourth-order valence-electron chi connectivity index (χ4n) is 3.21. The van der Waals surface area contributed by atoms with Crippen LogP contribution in [-0.4, -0.2) is 21.2 Å². The van der Waals surface area contributed by atoms with Crippen LogP contribution in [0, 0.1) is 0 Å². The quantitative estimate of drug-likeness (QED) is 0.285. The lowest BCUT2D eigenvalue weighted by Gasteiger charge is -2.16. The molecule has 10 heteroatoms. The number of carbonyl (C=O) groups is 1. The smallest absolute Gasteiger partial charge is 0.324 e. The van der Waals surface area contributed by atoms with E-state index in [0.29, 0.717) is 16.6 Å². The second-order valence-electron chi connectivity index (χ2n) is 6.88. The normalized spacial score (nSPS) is 11.5. The number of nitrogens with zero attached hydrogens (tertiary/aromatic N) is 2. The lowest BCUT2D eigenvalue weighted by Crippen LogP contribution is -2.23. The van der Waals surface area contributed by atoms with Crippen LogP contribution < -0.4 is 10.9 Å². The number of alkyl halides is 3. The molecule has 0 atom stereocenters. The molecule has 0 saturated heterocycles. The summed E-state index contributed by atoms with van der Waals surface area (Å²) in [5.41, 5.74) is -0.875. The van der Waals surface area contributed by atoms with Crippen LogP contribution in [0.5, 0.6) is 0 Å². The van der Waals surface area contributed by atoms with Crippen LogP contribution in [0.15, 0.2) is 82.7 Å². The fraction of sp³-hybridized carbons (Fsp3) is 0.0870. The van der Waals surface area contributed by atoms with Gasteiger partial charge in [0.2, 0.25) is 5.91 Å². The lowest BCUT2D eigenvalue weighted by atomic mass is 10.1. The maximum atomic E-state index is 13.3. The molecule has 4 aromatic rings. The Morgan fingerprint density at radius 3 is 2.42 bits per heavy atom. The SMILES string of the molecule is O=C(CSc1nc2ccccc2c(=O)n1-c1ccccc1)Nc1c(Cl)cccc1C(F)(F)F. The minimum atomic E-state index is -4.69. The van der Waals surface area contributed by atoms with E-state index in [1.807, 2.05) is 0 Å². The van der Waals surface area contributed by atoms with Crippen LogP contribution in [-0.2, 0) is 11.0 Å². The van der Waals surface area contributed by atoms with E-state index in [1.165, 1.54) is 10.6 Å². The van der Waals surface area contributed by atoms with Gasteiger partial charge in [0.1, 0.15) is 0 Å². The molecule has 1 heterocycles. The summed E-state index contributed by atoms with van der Waals surface area (Å²) < 4.78 is 41.3. The zero-order valence-electron chi connectivity index (χ0n) is 16.8. The largest absolute Gasteiger partial charge is 0.418 e. The van der Waals surface area contributed by atoms with Gasteiger partial charge < -0.3 is 5.32 Å². The zero-order valence-corrected chi connectivity index (χ0v) is 18.3. The first kappa shape index (κ1) is 22.9.